The predicted molar refractivity (Wildman–Crippen MR) is 140 cm³/mol. The molecule has 0 bridgehead atoms. The molecule has 1 aromatic heterocycles. The average Bonchev–Trinajstić information content (AvgIpc) is 3.01. The van der Waals surface area contributed by atoms with Gasteiger partial charge in [-0.15, -0.1) is 0 Å². The molecule has 31 heavy (non-hydrogen) atoms. The molecular weight excluding hydrogens is 567 g/mol. The van der Waals surface area contributed by atoms with Crippen molar-refractivity contribution in [3.8, 4) is 0 Å². The van der Waals surface area contributed by atoms with Gasteiger partial charge in [0.15, 0.2) is 8.32 Å². The lowest BCUT2D eigenvalue weighted by Gasteiger charge is -2.37. The fraction of sp³-hybridized carbons (Fsp3) is 0.800. The summed E-state index contributed by atoms with van der Waals surface area (Å²) in [5.74, 6) is 0.525. The highest BCUT2D eigenvalue weighted by Gasteiger charge is 2.42. The standard InChI is InChI=1S/C20H35IN2O5S2Si/c1-19(2,3)30-29-12-26-14-9-16(23-10-13(21)17(24)22-18(23)25)28-15(14)11-27-31(7,8)20(4,5)6/h10,14-16H,9,11-12H2,1-8H3,(H,22,24,25)/t14?,15-,16-/m1/s1. The number of H-pyrrole nitrogens is 1. The Kier molecular flexibility index (Phi) is 9.42. The van der Waals surface area contributed by atoms with E-state index in [9.17, 15) is 9.59 Å². The molecule has 7 nitrogen and oxygen atoms in total. The Bertz CT molecular complexity index is 863. The van der Waals surface area contributed by atoms with Crippen LogP contribution in [-0.2, 0) is 13.9 Å². The zero-order valence-corrected chi connectivity index (χ0v) is 24.4. The smallest absolute Gasteiger partial charge is 0.330 e. The molecule has 0 aliphatic carbocycles. The van der Waals surface area contributed by atoms with Crippen LogP contribution in [0, 0.1) is 3.57 Å². The first-order valence-electron chi connectivity index (χ1n) is 10.3. The van der Waals surface area contributed by atoms with Gasteiger partial charge in [-0.2, -0.15) is 0 Å². The highest BCUT2D eigenvalue weighted by Crippen LogP contribution is 2.39. The molecule has 11 heteroatoms. The molecular formula is C20H35IN2O5S2Si. The first-order valence-corrected chi connectivity index (χ1v) is 16.6. The van der Waals surface area contributed by atoms with E-state index in [1.165, 1.54) is 4.57 Å². The van der Waals surface area contributed by atoms with E-state index in [1.807, 2.05) is 22.6 Å². The summed E-state index contributed by atoms with van der Waals surface area (Å²) in [6, 6.07) is 0. The van der Waals surface area contributed by atoms with Crippen LogP contribution in [0.1, 0.15) is 54.2 Å². The van der Waals surface area contributed by atoms with E-state index in [2.05, 4.69) is 59.6 Å². The minimum Gasteiger partial charge on any atom is -0.414 e. The van der Waals surface area contributed by atoms with Gasteiger partial charge in [-0.1, -0.05) is 63.1 Å². The van der Waals surface area contributed by atoms with Crippen molar-refractivity contribution in [3.63, 3.8) is 0 Å². The largest absolute Gasteiger partial charge is 0.414 e. The van der Waals surface area contributed by atoms with Crippen molar-refractivity contribution in [1.29, 1.82) is 0 Å². The Morgan fingerprint density at radius 3 is 2.48 bits per heavy atom. The minimum atomic E-state index is -1.96. The first-order chi connectivity index (χ1) is 14.1. The van der Waals surface area contributed by atoms with E-state index >= 15 is 0 Å². The Morgan fingerprint density at radius 2 is 1.90 bits per heavy atom. The lowest BCUT2D eigenvalue weighted by molar-refractivity contribution is -0.0528. The number of aromatic nitrogens is 2. The molecule has 2 rings (SSSR count). The Balaban J connectivity index is 2.14. The molecule has 2 heterocycles. The summed E-state index contributed by atoms with van der Waals surface area (Å²) in [5.41, 5.74) is -0.862. The topological polar surface area (TPSA) is 82.6 Å². The Morgan fingerprint density at radius 1 is 1.26 bits per heavy atom. The summed E-state index contributed by atoms with van der Waals surface area (Å²) in [6.07, 6.45) is 1.09. The summed E-state index contributed by atoms with van der Waals surface area (Å²) in [5, 5.41) is 0.0898. The second-order valence-corrected chi connectivity index (χ2v) is 19.3. The molecule has 3 atom stereocenters. The highest BCUT2D eigenvalue weighted by atomic mass is 127. The van der Waals surface area contributed by atoms with Gasteiger partial charge in [0.1, 0.15) is 18.3 Å². The van der Waals surface area contributed by atoms with Crippen molar-refractivity contribution in [3.05, 3.63) is 30.6 Å². The lowest BCUT2D eigenvalue weighted by Crippen LogP contribution is -2.44. The Labute approximate surface area is 207 Å². The number of ether oxygens (including phenoxy) is 2. The van der Waals surface area contributed by atoms with Crippen molar-refractivity contribution < 1.29 is 13.9 Å². The van der Waals surface area contributed by atoms with Crippen molar-refractivity contribution in [1.82, 2.24) is 9.55 Å². The van der Waals surface area contributed by atoms with Gasteiger partial charge in [-0.05, 0) is 40.7 Å². The van der Waals surface area contributed by atoms with Crippen LogP contribution in [0.2, 0.25) is 18.1 Å². The number of hydrogen-bond acceptors (Lipinski definition) is 7. The van der Waals surface area contributed by atoms with E-state index in [0.717, 1.165) is 0 Å². The zero-order chi connectivity index (χ0) is 23.6. The number of rotatable bonds is 8. The van der Waals surface area contributed by atoms with Crippen LogP contribution in [0.15, 0.2) is 15.8 Å². The van der Waals surface area contributed by atoms with Gasteiger partial charge in [0.25, 0.3) is 5.56 Å². The monoisotopic (exact) mass is 602 g/mol. The molecule has 1 fully saturated rings. The maximum absolute atomic E-state index is 12.4. The van der Waals surface area contributed by atoms with E-state index in [0.29, 0.717) is 22.5 Å². The van der Waals surface area contributed by atoms with Gasteiger partial charge in [-0.3, -0.25) is 14.3 Å². The SMILES string of the molecule is CC(C)(C)SSCOC1C[C@H](n2cc(I)c(=O)[nH]c2=O)O[C@@H]1CO[Si](C)(C)C(C)(C)C. The fourth-order valence-corrected chi connectivity index (χ4v) is 6.15. The van der Waals surface area contributed by atoms with Crippen molar-refractivity contribution in [2.24, 2.45) is 0 Å². The fourth-order valence-electron chi connectivity index (χ4n) is 2.69. The van der Waals surface area contributed by atoms with Crippen LogP contribution in [0.4, 0.5) is 0 Å². The second kappa shape index (κ2) is 10.6. The highest BCUT2D eigenvalue weighted by molar-refractivity contribution is 14.1. The molecule has 0 saturated carbocycles. The quantitative estimate of drug-likeness (QED) is 0.148. The van der Waals surface area contributed by atoms with E-state index < -0.39 is 20.2 Å². The molecule has 0 amide bonds. The average molecular weight is 603 g/mol. The lowest BCUT2D eigenvalue weighted by atomic mass is 10.2. The van der Waals surface area contributed by atoms with Crippen LogP contribution < -0.4 is 11.2 Å². The number of halogens is 1. The van der Waals surface area contributed by atoms with Crippen LogP contribution >= 0.6 is 44.2 Å². The third kappa shape index (κ3) is 7.89. The van der Waals surface area contributed by atoms with Gasteiger partial charge in [-0.25, -0.2) is 4.79 Å². The van der Waals surface area contributed by atoms with E-state index in [1.54, 1.807) is 27.8 Å². The van der Waals surface area contributed by atoms with Crippen molar-refractivity contribution in [2.45, 2.75) is 89.3 Å². The summed E-state index contributed by atoms with van der Waals surface area (Å²) in [4.78, 5) is 26.4. The predicted octanol–water partition coefficient (Wildman–Crippen LogP) is 4.97. The van der Waals surface area contributed by atoms with E-state index in [-0.39, 0.29) is 27.6 Å². The maximum atomic E-state index is 12.4. The normalized spacial score (nSPS) is 22.8. The maximum Gasteiger partial charge on any atom is 0.330 e. The summed E-state index contributed by atoms with van der Waals surface area (Å²) in [7, 11) is 1.49. The molecule has 1 aliphatic heterocycles. The number of hydrogen-bond donors (Lipinski definition) is 1. The van der Waals surface area contributed by atoms with Gasteiger partial charge in [0, 0.05) is 17.4 Å². The van der Waals surface area contributed by atoms with Crippen LogP contribution in [0.3, 0.4) is 0 Å². The van der Waals surface area contributed by atoms with Gasteiger partial charge in [0.05, 0.1) is 16.3 Å². The first kappa shape index (κ1) is 27.5. The van der Waals surface area contributed by atoms with Crippen LogP contribution in [0.5, 0.6) is 0 Å². The zero-order valence-electron chi connectivity index (χ0n) is 19.6. The van der Waals surface area contributed by atoms with Crippen LogP contribution in [-0.4, -0.2) is 47.4 Å². The van der Waals surface area contributed by atoms with Gasteiger partial charge in [0.2, 0.25) is 0 Å². The third-order valence-corrected chi connectivity index (χ3v) is 13.7. The Hall–Kier alpha value is 0.207. The number of nitrogens with one attached hydrogen (secondary N) is 1. The molecule has 0 spiro atoms. The van der Waals surface area contributed by atoms with E-state index in [4.69, 9.17) is 13.9 Å². The molecule has 0 radical (unpaired) electrons. The van der Waals surface area contributed by atoms with Crippen molar-refractivity contribution >= 4 is 52.5 Å². The third-order valence-electron chi connectivity index (χ3n) is 5.47. The number of aromatic amines is 1. The van der Waals surface area contributed by atoms with Gasteiger partial charge >= 0.3 is 5.69 Å². The molecule has 1 saturated heterocycles. The molecule has 1 aliphatic rings. The molecule has 0 aromatic carbocycles. The molecule has 1 aromatic rings. The van der Waals surface area contributed by atoms with Crippen LogP contribution in [0.25, 0.3) is 0 Å². The summed E-state index contributed by atoms with van der Waals surface area (Å²) >= 11 is 1.92. The molecule has 1 N–H and O–H groups in total. The second-order valence-electron chi connectivity index (χ2n) is 10.2. The summed E-state index contributed by atoms with van der Waals surface area (Å²) in [6.45, 7) is 17.9. The minimum absolute atomic E-state index is 0.0898. The molecule has 1 unspecified atom stereocenters. The summed E-state index contributed by atoms with van der Waals surface area (Å²) < 4.78 is 20.8. The van der Waals surface area contributed by atoms with Gasteiger partial charge < -0.3 is 13.9 Å². The molecule has 178 valence electrons. The van der Waals surface area contributed by atoms with Crippen molar-refractivity contribution in [2.75, 3.05) is 12.5 Å². The number of nitrogens with zero attached hydrogens (tertiary/aromatic N) is 1.